The molecule has 5 nitrogen and oxygen atoms in total. The summed E-state index contributed by atoms with van der Waals surface area (Å²) < 4.78 is 16.5. The summed E-state index contributed by atoms with van der Waals surface area (Å²) in [4.78, 5) is 11.2. The standard InChI is InChI=1S/C11H22INO4/c1-11(2,3)17-10(14)13-5-7-16-9-8-15-6-4-12/h4-9H2,1-3H3,(H,13,14). The summed E-state index contributed by atoms with van der Waals surface area (Å²) in [6.45, 7) is 8.28. The molecule has 0 radical (unpaired) electrons. The number of rotatable bonds is 8. The number of alkyl carbamates (subject to hydrolysis) is 1. The number of carbonyl (C=O) groups is 1. The Labute approximate surface area is 117 Å². The molecular weight excluding hydrogens is 337 g/mol. The van der Waals surface area contributed by atoms with Crippen LogP contribution in [-0.4, -0.2) is 49.1 Å². The molecule has 6 heteroatoms. The van der Waals surface area contributed by atoms with Crippen molar-refractivity contribution in [3.05, 3.63) is 0 Å². The average Bonchev–Trinajstić information content (AvgIpc) is 2.19. The predicted molar refractivity (Wildman–Crippen MR) is 74.8 cm³/mol. The lowest BCUT2D eigenvalue weighted by molar-refractivity contribution is 0.0426. The number of carbonyl (C=O) groups excluding carboxylic acids is 1. The molecule has 1 amide bonds. The van der Waals surface area contributed by atoms with Gasteiger partial charge in [0, 0.05) is 11.0 Å². The molecule has 0 atom stereocenters. The van der Waals surface area contributed by atoms with E-state index in [1.54, 1.807) is 0 Å². The maximum absolute atomic E-state index is 11.2. The Kier molecular flexibility index (Phi) is 9.85. The highest BCUT2D eigenvalue weighted by Crippen LogP contribution is 2.05. The van der Waals surface area contributed by atoms with Gasteiger partial charge in [-0.2, -0.15) is 0 Å². The predicted octanol–water partition coefficient (Wildman–Crippen LogP) is 1.98. The molecule has 0 fully saturated rings. The third kappa shape index (κ3) is 13.9. The van der Waals surface area contributed by atoms with Gasteiger partial charge in [0.25, 0.3) is 0 Å². The molecule has 0 aromatic rings. The molecule has 0 saturated carbocycles. The first-order valence-electron chi connectivity index (χ1n) is 5.64. The van der Waals surface area contributed by atoms with Crippen molar-refractivity contribution >= 4 is 28.7 Å². The molecule has 0 saturated heterocycles. The molecule has 0 aliphatic rings. The van der Waals surface area contributed by atoms with E-state index < -0.39 is 11.7 Å². The van der Waals surface area contributed by atoms with Gasteiger partial charge in [0.05, 0.1) is 26.4 Å². The van der Waals surface area contributed by atoms with Crippen molar-refractivity contribution in [2.75, 3.05) is 37.4 Å². The van der Waals surface area contributed by atoms with Crippen molar-refractivity contribution in [3.63, 3.8) is 0 Å². The zero-order valence-electron chi connectivity index (χ0n) is 10.8. The lowest BCUT2D eigenvalue weighted by Crippen LogP contribution is -2.34. The van der Waals surface area contributed by atoms with Gasteiger partial charge in [-0.3, -0.25) is 0 Å². The third-order valence-corrected chi connectivity index (χ3v) is 1.95. The van der Waals surface area contributed by atoms with Gasteiger partial charge in [-0.1, -0.05) is 22.6 Å². The van der Waals surface area contributed by atoms with Gasteiger partial charge in [-0.15, -0.1) is 0 Å². The largest absolute Gasteiger partial charge is 0.444 e. The first-order chi connectivity index (χ1) is 7.95. The first kappa shape index (κ1) is 16.9. The number of hydrogen-bond acceptors (Lipinski definition) is 4. The van der Waals surface area contributed by atoms with Crippen LogP contribution in [0.15, 0.2) is 0 Å². The van der Waals surface area contributed by atoms with Gasteiger partial charge < -0.3 is 19.5 Å². The fraction of sp³-hybridized carbons (Fsp3) is 0.909. The number of hydrogen-bond donors (Lipinski definition) is 1. The second kappa shape index (κ2) is 9.90. The van der Waals surface area contributed by atoms with E-state index in [0.717, 1.165) is 11.0 Å². The number of alkyl halides is 1. The van der Waals surface area contributed by atoms with Crippen LogP contribution in [0, 0.1) is 0 Å². The summed E-state index contributed by atoms with van der Waals surface area (Å²) in [5, 5.41) is 2.61. The lowest BCUT2D eigenvalue weighted by Gasteiger charge is -2.19. The van der Waals surface area contributed by atoms with Crippen molar-refractivity contribution in [1.82, 2.24) is 5.32 Å². The van der Waals surface area contributed by atoms with Gasteiger partial charge in [0.2, 0.25) is 0 Å². The van der Waals surface area contributed by atoms with E-state index in [4.69, 9.17) is 14.2 Å². The maximum Gasteiger partial charge on any atom is 0.407 e. The molecule has 0 aromatic heterocycles. The molecule has 102 valence electrons. The normalized spacial score (nSPS) is 11.3. The Morgan fingerprint density at radius 3 is 2.24 bits per heavy atom. The molecule has 17 heavy (non-hydrogen) atoms. The fourth-order valence-electron chi connectivity index (χ4n) is 0.916. The van der Waals surface area contributed by atoms with E-state index in [0.29, 0.717) is 26.4 Å². The summed E-state index contributed by atoms with van der Waals surface area (Å²) in [5.74, 6) is 0. The summed E-state index contributed by atoms with van der Waals surface area (Å²) in [6, 6.07) is 0. The smallest absolute Gasteiger partial charge is 0.407 e. The average molecular weight is 359 g/mol. The summed E-state index contributed by atoms with van der Waals surface area (Å²) in [7, 11) is 0. The van der Waals surface area contributed by atoms with Crippen molar-refractivity contribution in [2.45, 2.75) is 26.4 Å². The molecule has 0 aliphatic heterocycles. The number of ether oxygens (including phenoxy) is 3. The van der Waals surface area contributed by atoms with Crippen LogP contribution < -0.4 is 5.32 Å². The second-order valence-electron chi connectivity index (χ2n) is 4.34. The van der Waals surface area contributed by atoms with Crippen molar-refractivity contribution in [2.24, 2.45) is 0 Å². The number of halogens is 1. The maximum atomic E-state index is 11.2. The van der Waals surface area contributed by atoms with Gasteiger partial charge in [0.15, 0.2) is 0 Å². The minimum atomic E-state index is -0.460. The third-order valence-electron chi connectivity index (χ3n) is 1.51. The molecular formula is C11H22INO4. The fourth-order valence-corrected chi connectivity index (χ4v) is 1.23. The second-order valence-corrected chi connectivity index (χ2v) is 5.42. The van der Waals surface area contributed by atoms with E-state index in [-0.39, 0.29) is 0 Å². The Morgan fingerprint density at radius 1 is 1.12 bits per heavy atom. The van der Waals surface area contributed by atoms with E-state index in [1.165, 1.54) is 0 Å². The van der Waals surface area contributed by atoms with Crippen molar-refractivity contribution in [1.29, 1.82) is 0 Å². The van der Waals surface area contributed by atoms with Crippen LogP contribution in [0.3, 0.4) is 0 Å². The number of nitrogens with one attached hydrogen (secondary N) is 1. The molecule has 0 aliphatic carbocycles. The van der Waals surface area contributed by atoms with Gasteiger partial charge >= 0.3 is 6.09 Å². The first-order valence-corrected chi connectivity index (χ1v) is 7.16. The van der Waals surface area contributed by atoms with Gasteiger partial charge in [-0.25, -0.2) is 4.79 Å². The summed E-state index contributed by atoms with van der Waals surface area (Å²) >= 11 is 2.25. The van der Waals surface area contributed by atoms with E-state index in [2.05, 4.69) is 27.9 Å². The van der Waals surface area contributed by atoms with Crippen LogP contribution in [0.5, 0.6) is 0 Å². The summed E-state index contributed by atoms with van der Waals surface area (Å²) in [5.41, 5.74) is -0.460. The lowest BCUT2D eigenvalue weighted by atomic mass is 10.2. The minimum Gasteiger partial charge on any atom is -0.444 e. The van der Waals surface area contributed by atoms with Crippen LogP contribution in [0.4, 0.5) is 4.79 Å². The molecule has 0 spiro atoms. The minimum absolute atomic E-state index is 0.415. The van der Waals surface area contributed by atoms with Crippen LogP contribution in [0.2, 0.25) is 0 Å². The molecule has 0 aromatic carbocycles. The van der Waals surface area contributed by atoms with E-state index in [9.17, 15) is 4.79 Å². The highest BCUT2D eigenvalue weighted by atomic mass is 127. The molecule has 0 unspecified atom stereocenters. The Bertz CT molecular complexity index is 206. The Morgan fingerprint density at radius 2 is 1.71 bits per heavy atom. The highest BCUT2D eigenvalue weighted by Gasteiger charge is 2.15. The van der Waals surface area contributed by atoms with Crippen LogP contribution in [0.25, 0.3) is 0 Å². The zero-order chi connectivity index (χ0) is 13.1. The highest BCUT2D eigenvalue weighted by molar-refractivity contribution is 14.1. The Hall–Kier alpha value is -0.0800. The van der Waals surface area contributed by atoms with Crippen LogP contribution >= 0.6 is 22.6 Å². The monoisotopic (exact) mass is 359 g/mol. The molecule has 0 bridgehead atoms. The van der Waals surface area contributed by atoms with Gasteiger partial charge in [-0.05, 0) is 20.8 Å². The van der Waals surface area contributed by atoms with Crippen LogP contribution in [0.1, 0.15) is 20.8 Å². The van der Waals surface area contributed by atoms with Crippen molar-refractivity contribution < 1.29 is 19.0 Å². The van der Waals surface area contributed by atoms with E-state index in [1.807, 2.05) is 20.8 Å². The topological polar surface area (TPSA) is 56.8 Å². The number of amides is 1. The summed E-state index contributed by atoms with van der Waals surface area (Å²) in [6.07, 6.45) is -0.415. The quantitative estimate of drug-likeness (QED) is 0.409. The Balaban J connectivity index is 3.25. The van der Waals surface area contributed by atoms with E-state index >= 15 is 0 Å². The van der Waals surface area contributed by atoms with Crippen LogP contribution in [-0.2, 0) is 14.2 Å². The molecule has 0 rings (SSSR count). The molecule has 1 N–H and O–H groups in total. The zero-order valence-corrected chi connectivity index (χ0v) is 12.9. The van der Waals surface area contributed by atoms with Gasteiger partial charge in [0.1, 0.15) is 5.60 Å². The molecule has 0 heterocycles. The SMILES string of the molecule is CC(C)(C)OC(=O)NCCOCCOCCI. The van der Waals surface area contributed by atoms with Crippen molar-refractivity contribution in [3.8, 4) is 0 Å².